The second-order valence-corrected chi connectivity index (χ2v) is 5.11. The number of nitrogens with zero attached hydrogens (tertiary/aromatic N) is 1. The molecule has 1 saturated heterocycles. The molecule has 0 unspecified atom stereocenters. The third kappa shape index (κ3) is 2.59. The topological polar surface area (TPSA) is 53.7 Å². The average molecular weight is 241 g/mol. The van der Waals surface area contributed by atoms with Gasteiger partial charge in [-0.25, -0.2) is 4.79 Å². The fourth-order valence-electron chi connectivity index (χ4n) is 1.78. The van der Waals surface area contributed by atoms with E-state index in [1.165, 1.54) is 0 Å². The number of furan rings is 1. The van der Waals surface area contributed by atoms with Crippen LogP contribution in [0.3, 0.4) is 0 Å². The molecule has 4 nitrogen and oxygen atoms in total. The Bertz CT molecular complexity index is 383. The van der Waals surface area contributed by atoms with Gasteiger partial charge in [0.2, 0.25) is 5.76 Å². The van der Waals surface area contributed by atoms with Gasteiger partial charge in [-0.2, -0.15) is 11.8 Å². The lowest BCUT2D eigenvalue weighted by Crippen LogP contribution is -2.32. The molecular formula is C11H15NO3S. The van der Waals surface area contributed by atoms with Crippen molar-refractivity contribution < 1.29 is 14.3 Å². The summed E-state index contributed by atoms with van der Waals surface area (Å²) in [6, 6.07) is 1.64. The molecule has 0 amide bonds. The molecular weight excluding hydrogens is 226 g/mol. The summed E-state index contributed by atoms with van der Waals surface area (Å²) in [5.74, 6) is 2.07. The molecule has 0 aromatic carbocycles. The number of hydrogen-bond acceptors (Lipinski definition) is 4. The Morgan fingerprint density at radius 1 is 1.56 bits per heavy atom. The molecule has 1 aliphatic rings. The minimum Gasteiger partial charge on any atom is -0.475 e. The molecule has 1 fully saturated rings. The molecule has 0 radical (unpaired) electrons. The zero-order chi connectivity index (χ0) is 11.5. The number of rotatable bonds is 3. The Hall–Kier alpha value is -0.940. The molecule has 1 aromatic heterocycles. The number of carbonyl (C=O) groups is 1. The smallest absolute Gasteiger partial charge is 0.371 e. The maximum absolute atomic E-state index is 10.7. The highest BCUT2D eigenvalue weighted by atomic mass is 32.2. The maximum atomic E-state index is 10.7. The summed E-state index contributed by atoms with van der Waals surface area (Å²) in [6.07, 6.45) is 0. The predicted octanol–water partition coefficient (Wildman–Crippen LogP) is 1.84. The van der Waals surface area contributed by atoms with Crippen LogP contribution in [-0.4, -0.2) is 40.6 Å². The number of aryl methyl sites for hydroxylation is 1. The van der Waals surface area contributed by atoms with Crippen LogP contribution in [0.25, 0.3) is 0 Å². The third-order valence-corrected chi connectivity index (χ3v) is 3.67. The first-order chi connectivity index (χ1) is 7.66. The van der Waals surface area contributed by atoms with Gasteiger partial charge in [0.15, 0.2) is 0 Å². The van der Waals surface area contributed by atoms with Crippen LogP contribution in [0.2, 0.25) is 0 Å². The Kier molecular flexibility index (Phi) is 3.56. The summed E-state index contributed by atoms with van der Waals surface area (Å²) < 4.78 is 5.19. The molecule has 2 rings (SSSR count). The van der Waals surface area contributed by atoms with Gasteiger partial charge in [0.05, 0.1) is 0 Å². The van der Waals surface area contributed by atoms with E-state index in [1.807, 2.05) is 18.7 Å². The van der Waals surface area contributed by atoms with Crippen molar-refractivity contribution in [2.24, 2.45) is 0 Å². The van der Waals surface area contributed by atoms with Crippen LogP contribution >= 0.6 is 11.8 Å². The Balaban J connectivity index is 2.05. The molecule has 0 saturated carbocycles. The van der Waals surface area contributed by atoms with E-state index in [1.54, 1.807) is 6.07 Å². The maximum Gasteiger partial charge on any atom is 0.371 e. The standard InChI is InChI=1S/C11H15NO3S/c1-8-9(6-10(15-8)11(13)14)7-12-2-4-16-5-3-12/h6H,2-5,7H2,1H3,(H,13,14). The first kappa shape index (κ1) is 11.5. The predicted molar refractivity (Wildman–Crippen MR) is 63.0 cm³/mol. The van der Waals surface area contributed by atoms with E-state index in [0.717, 1.165) is 42.5 Å². The molecule has 0 atom stereocenters. The third-order valence-electron chi connectivity index (χ3n) is 2.73. The van der Waals surface area contributed by atoms with Gasteiger partial charge >= 0.3 is 5.97 Å². The van der Waals surface area contributed by atoms with Gasteiger partial charge in [-0.1, -0.05) is 0 Å². The zero-order valence-corrected chi connectivity index (χ0v) is 10.0. The van der Waals surface area contributed by atoms with Crippen molar-refractivity contribution in [2.45, 2.75) is 13.5 Å². The minimum atomic E-state index is -0.997. The van der Waals surface area contributed by atoms with Crippen LogP contribution in [0.15, 0.2) is 10.5 Å². The van der Waals surface area contributed by atoms with E-state index in [9.17, 15) is 4.79 Å². The van der Waals surface area contributed by atoms with Crippen molar-refractivity contribution in [3.05, 3.63) is 23.2 Å². The number of thioether (sulfide) groups is 1. The average Bonchev–Trinajstić information content (AvgIpc) is 2.62. The number of aromatic carboxylic acids is 1. The van der Waals surface area contributed by atoms with Gasteiger partial charge in [-0.3, -0.25) is 4.90 Å². The van der Waals surface area contributed by atoms with Crippen LogP contribution in [0.1, 0.15) is 21.9 Å². The highest BCUT2D eigenvalue weighted by Crippen LogP contribution is 2.19. The van der Waals surface area contributed by atoms with Crippen molar-refractivity contribution >= 4 is 17.7 Å². The van der Waals surface area contributed by atoms with Crippen molar-refractivity contribution in [1.29, 1.82) is 0 Å². The van der Waals surface area contributed by atoms with E-state index in [4.69, 9.17) is 9.52 Å². The fraction of sp³-hybridized carbons (Fsp3) is 0.545. The summed E-state index contributed by atoms with van der Waals surface area (Å²) in [5, 5.41) is 8.82. The summed E-state index contributed by atoms with van der Waals surface area (Å²) in [4.78, 5) is 13.1. The lowest BCUT2D eigenvalue weighted by molar-refractivity contribution is 0.0661. The Morgan fingerprint density at radius 2 is 2.25 bits per heavy atom. The van der Waals surface area contributed by atoms with E-state index < -0.39 is 5.97 Å². The van der Waals surface area contributed by atoms with E-state index >= 15 is 0 Å². The van der Waals surface area contributed by atoms with Gasteiger partial charge in [0, 0.05) is 36.7 Å². The molecule has 2 heterocycles. The molecule has 0 spiro atoms. The van der Waals surface area contributed by atoms with Crippen molar-refractivity contribution in [3.8, 4) is 0 Å². The first-order valence-corrected chi connectivity index (χ1v) is 6.45. The summed E-state index contributed by atoms with van der Waals surface area (Å²) in [7, 11) is 0. The second kappa shape index (κ2) is 4.93. The van der Waals surface area contributed by atoms with E-state index in [2.05, 4.69) is 4.90 Å². The number of carboxylic acids is 1. The molecule has 1 aromatic rings. The second-order valence-electron chi connectivity index (χ2n) is 3.89. The molecule has 88 valence electrons. The van der Waals surface area contributed by atoms with Gasteiger partial charge < -0.3 is 9.52 Å². The quantitative estimate of drug-likeness (QED) is 0.875. The molecule has 0 bridgehead atoms. The van der Waals surface area contributed by atoms with Crippen LogP contribution in [-0.2, 0) is 6.54 Å². The van der Waals surface area contributed by atoms with Gasteiger partial charge in [-0.15, -0.1) is 0 Å². The van der Waals surface area contributed by atoms with E-state index in [0.29, 0.717) is 0 Å². The van der Waals surface area contributed by atoms with Crippen molar-refractivity contribution in [1.82, 2.24) is 4.90 Å². The normalized spacial score (nSPS) is 17.6. The minimum absolute atomic E-state index is 0.0406. The first-order valence-electron chi connectivity index (χ1n) is 5.29. The highest BCUT2D eigenvalue weighted by molar-refractivity contribution is 7.99. The van der Waals surface area contributed by atoms with Crippen LogP contribution in [0, 0.1) is 6.92 Å². The summed E-state index contributed by atoms with van der Waals surface area (Å²) >= 11 is 1.96. The van der Waals surface area contributed by atoms with Gasteiger partial charge in [0.25, 0.3) is 0 Å². The van der Waals surface area contributed by atoms with Gasteiger partial charge in [0.1, 0.15) is 5.76 Å². The highest BCUT2D eigenvalue weighted by Gasteiger charge is 2.17. The lowest BCUT2D eigenvalue weighted by Gasteiger charge is -2.25. The molecule has 1 aliphatic heterocycles. The van der Waals surface area contributed by atoms with E-state index in [-0.39, 0.29) is 5.76 Å². The summed E-state index contributed by atoms with van der Waals surface area (Å²) in [5.41, 5.74) is 0.990. The van der Waals surface area contributed by atoms with Crippen LogP contribution in [0.4, 0.5) is 0 Å². The zero-order valence-electron chi connectivity index (χ0n) is 9.23. The van der Waals surface area contributed by atoms with Crippen molar-refractivity contribution in [3.63, 3.8) is 0 Å². The van der Waals surface area contributed by atoms with Crippen LogP contribution < -0.4 is 0 Å². The fourth-order valence-corrected chi connectivity index (χ4v) is 2.76. The Morgan fingerprint density at radius 3 is 2.81 bits per heavy atom. The SMILES string of the molecule is Cc1oc(C(=O)O)cc1CN1CCSCC1. The molecule has 1 N–H and O–H groups in total. The number of hydrogen-bond donors (Lipinski definition) is 1. The molecule has 16 heavy (non-hydrogen) atoms. The van der Waals surface area contributed by atoms with Crippen molar-refractivity contribution in [2.75, 3.05) is 24.6 Å². The molecule has 5 heteroatoms. The monoisotopic (exact) mass is 241 g/mol. The molecule has 0 aliphatic carbocycles. The van der Waals surface area contributed by atoms with Gasteiger partial charge in [-0.05, 0) is 13.0 Å². The summed E-state index contributed by atoms with van der Waals surface area (Å²) in [6.45, 7) is 4.75. The number of carboxylic acid groups (broad SMARTS) is 1. The van der Waals surface area contributed by atoms with Crippen LogP contribution in [0.5, 0.6) is 0 Å². The Labute approximate surface area is 98.6 Å². The lowest BCUT2D eigenvalue weighted by atomic mass is 10.2. The largest absolute Gasteiger partial charge is 0.475 e.